The molecule has 28 heavy (non-hydrogen) atoms. The summed E-state index contributed by atoms with van der Waals surface area (Å²) >= 11 is 0. The molecule has 1 atom stereocenters. The number of benzene rings is 2. The van der Waals surface area contributed by atoms with Crippen LogP contribution in [0.4, 0.5) is 5.69 Å². The molecule has 1 aliphatic rings. The van der Waals surface area contributed by atoms with Crippen LogP contribution in [0.3, 0.4) is 0 Å². The van der Waals surface area contributed by atoms with Gasteiger partial charge in [0, 0.05) is 28.2 Å². The third kappa shape index (κ3) is 3.38. The molecule has 1 aliphatic carbocycles. The zero-order valence-electron chi connectivity index (χ0n) is 15.4. The minimum Gasteiger partial charge on any atom is -0.358 e. The lowest BCUT2D eigenvalue weighted by Gasteiger charge is -2.18. The highest BCUT2D eigenvalue weighted by Gasteiger charge is 2.20. The van der Waals surface area contributed by atoms with Gasteiger partial charge < -0.3 is 4.98 Å². The van der Waals surface area contributed by atoms with Gasteiger partial charge in [-0.25, -0.2) is 5.43 Å². The molecule has 1 aromatic heterocycles. The summed E-state index contributed by atoms with van der Waals surface area (Å²) in [7, 11) is 0. The van der Waals surface area contributed by atoms with Crippen molar-refractivity contribution in [2.24, 2.45) is 11.0 Å². The monoisotopic (exact) mass is 376 g/mol. The predicted octanol–water partition coefficient (Wildman–Crippen LogP) is 3.96. The van der Waals surface area contributed by atoms with E-state index in [0.29, 0.717) is 17.0 Å². The lowest BCUT2D eigenvalue weighted by Crippen LogP contribution is -2.17. The van der Waals surface area contributed by atoms with Crippen molar-refractivity contribution in [1.82, 2.24) is 10.4 Å². The summed E-state index contributed by atoms with van der Waals surface area (Å²) in [4.78, 5) is 26.5. The summed E-state index contributed by atoms with van der Waals surface area (Å²) in [6.45, 7) is 2.25. The first-order valence-electron chi connectivity index (χ1n) is 9.23. The summed E-state index contributed by atoms with van der Waals surface area (Å²) < 4.78 is 0. The quantitative estimate of drug-likeness (QED) is 0.409. The second-order valence-corrected chi connectivity index (χ2v) is 7.21. The van der Waals surface area contributed by atoms with Gasteiger partial charge in [0.1, 0.15) is 0 Å². The molecule has 0 spiro atoms. The largest absolute Gasteiger partial charge is 0.358 e. The number of para-hydroxylation sites is 1. The van der Waals surface area contributed by atoms with E-state index in [2.05, 4.69) is 22.4 Å². The van der Waals surface area contributed by atoms with Crippen molar-refractivity contribution >= 4 is 28.7 Å². The van der Waals surface area contributed by atoms with Crippen LogP contribution in [0, 0.1) is 16.0 Å². The van der Waals surface area contributed by atoms with Crippen LogP contribution >= 0.6 is 0 Å². The summed E-state index contributed by atoms with van der Waals surface area (Å²) in [5.74, 6) is 0.283. The molecule has 2 aromatic carbocycles. The molecule has 0 radical (unpaired) electrons. The molecule has 0 fully saturated rings. The number of nitro groups is 1. The molecule has 1 unspecified atom stereocenters. The van der Waals surface area contributed by atoms with Crippen molar-refractivity contribution < 1.29 is 9.72 Å². The molecule has 3 aromatic rings. The molecular formula is C21H20N4O3. The van der Waals surface area contributed by atoms with E-state index in [1.807, 2.05) is 12.1 Å². The average molecular weight is 376 g/mol. The number of rotatable bonds is 4. The molecule has 142 valence electrons. The van der Waals surface area contributed by atoms with Crippen molar-refractivity contribution in [3.63, 3.8) is 0 Å². The van der Waals surface area contributed by atoms with Crippen LogP contribution in [0.1, 0.15) is 40.5 Å². The van der Waals surface area contributed by atoms with Gasteiger partial charge in [0.15, 0.2) is 0 Å². The van der Waals surface area contributed by atoms with Crippen LogP contribution in [0.25, 0.3) is 10.9 Å². The van der Waals surface area contributed by atoms with Crippen molar-refractivity contribution in [2.45, 2.75) is 26.2 Å². The van der Waals surface area contributed by atoms with E-state index in [1.54, 1.807) is 24.3 Å². The number of aromatic amines is 1. The summed E-state index contributed by atoms with van der Waals surface area (Å²) in [6, 6.07) is 11.8. The van der Waals surface area contributed by atoms with Gasteiger partial charge in [-0.15, -0.1) is 0 Å². The smallest absolute Gasteiger partial charge is 0.278 e. The Bertz CT molecular complexity index is 1100. The Kier molecular flexibility index (Phi) is 4.65. The number of carbonyl (C=O) groups excluding carboxylic acids is 1. The van der Waals surface area contributed by atoms with Gasteiger partial charge in [0.05, 0.1) is 16.7 Å². The Hall–Kier alpha value is -3.48. The van der Waals surface area contributed by atoms with Crippen LogP contribution in [0.5, 0.6) is 0 Å². The number of aromatic nitrogens is 1. The highest BCUT2D eigenvalue weighted by Crippen LogP contribution is 2.32. The van der Waals surface area contributed by atoms with Crippen LogP contribution in [-0.4, -0.2) is 22.0 Å². The SMILES string of the molecule is CC1CCc2[nH]c3ccc(C(=O)N/N=C\c4ccccc4[N+](=O)[O-])cc3c2C1. The normalized spacial score (nSPS) is 16.2. The van der Waals surface area contributed by atoms with Gasteiger partial charge in [0.25, 0.3) is 11.6 Å². The average Bonchev–Trinajstić information content (AvgIpc) is 3.05. The Morgan fingerprint density at radius 2 is 2.14 bits per heavy atom. The van der Waals surface area contributed by atoms with Crippen LogP contribution < -0.4 is 5.43 Å². The molecule has 1 heterocycles. The standard InChI is InChI=1S/C21H20N4O3/c1-13-6-8-18-16(10-13)17-11-14(7-9-19(17)23-18)21(26)24-22-12-15-4-2-3-5-20(15)25(27)28/h2-5,7,9,11-13,23H,6,8,10H2,1H3,(H,24,26)/b22-12-. The maximum atomic E-state index is 12.5. The van der Waals surface area contributed by atoms with Crippen molar-refractivity contribution in [3.05, 3.63) is 75.0 Å². The van der Waals surface area contributed by atoms with Gasteiger partial charge in [0.2, 0.25) is 0 Å². The Morgan fingerprint density at radius 3 is 2.96 bits per heavy atom. The fourth-order valence-corrected chi connectivity index (χ4v) is 3.72. The van der Waals surface area contributed by atoms with E-state index < -0.39 is 4.92 Å². The lowest BCUT2D eigenvalue weighted by molar-refractivity contribution is -0.385. The minimum atomic E-state index is -0.479. The Labute approximate surface area is 161 Å². The van der Waals surface area contributed by atoms with E-state index in [4.69, 9.17) is 0 Å². The fraction of sp³-hybridized carbons (Fsp3) is 0.238. The summed E-state index contributed by atoms with van der Waals surface area (Å²) in [5, 5.41) is 16.0. The Morgan fingerprint density at radius 1 is 1.32 bits per heavy atom. The number of fused-ring (bicyclic) bond motifs is 3. The van der Waals surface area contributed by atoms with Crippen molar-refractivity contribution in [1.29, 1.82) is 0 Å². The van der Waals surface area contributed by atoms with Gasteiger partial charge in [-0.3, -0.25) is 14.9 Å². The molecule has 0 bridgehead atoms. The Balaban J connectivity index is 1.55. The number of hydrogen-bond donors (Lipinski definition) is 2. The fourth-order valence-electron chi connectivity index (χ4n) is 3.72. The number of H-pyrrole nitrogens is 1. The van der Waals surface area contributed by atoms with Gasteiger partial charge >= 0.3 is 0 Å². The van der Waals surface area contributed by atoms with E-state index in [9.17, 15) is 14.9 Å². The minimum absolute atomic E-state index is 0.0602. The van der Waals surface area contributed by atoms with Gasteiger partial charge in [-0.05, 0) is 55.0 Å². The zero-order chi connectivity index (χ0) is 19.7. The van der Waals surface area contributed by atoms with E-state index in [1.165, 1.54) is 30.0 Å². The molecule has 7 heteroatoms. The maximum absolute atomic E-state index is 12.5. The number of aryl methyl sites for hydroxylation is 1. The molecule has 1 amide bonds. The number of nitrogens with one attached hydrogen (secondary N) is 2. The van der Waals surface area contributed by atoms with E-state index in [0.717, 1.165) is 23.7 Å². The van der Waals surface area contributed by atoms with Crippen LogP contribution in [0.2, 0.25) is 0 Å². The zero-order valence-corrected chi connectivity index (χ0v) is 15.4. The van der Waals surface area contributed by atoms with Crippen LogP contribution in [-0.2, 0) is 12.8 Å². The van der Waals surface area contributed by atoms with Gasteiger partial charge in [-0.2, -0.15) is 5.10 Å². The first-order valence-corrected chi connectivity index (χ1v) is 9.23. The number of carbonyl (C=O) groups is 1. The molecule has 7 nitrogen and oxygen atoms in total. The van der Waals surface area contributed by atoms with Gasteiger partial charge in [-0.1, -0.05) is 19.1 Å². The van der Waals surface area contributed by atoms with Crippen molar-refractivity contribution in [2.75, 3.05) is 0 Å². The first kappa shape index (κ1) is 17.9. The third-order valence-corrected chi connectivity index (χ3v) is 5.20. The lowest BCUT2D eigenvalue weighted by atomic mass is 9.87. The maximum Gasteiger partial charge on any atom is 0.278 e. The molecule has 0 saturated heterocycles. The number of hydrogen-bond acceptors (Lipinski definition) is 4. The number of hydrazone groups is 1. The molecule has 4 rings (SSSR count). The van der Waals surface area contributed by atoms with E-state index in [-0.39, 0.29) is 11.6 Å². The highest BCUT2D eigenvalue weighted by molar-refractivity contribution is 5.99. The second-order valence-electron chi connectivity index (χ2n) is 7.21. The summed E-state index contributed by atoms with van der Waals surface area (Å²) in [6.07, 6.45) is 4.50. The molecule has 2 N–H and O–H groups in total. The number of nitro benzene ring substituents is 1. The predicted molar refractivity (Wildman–Crippen MR) is 108 cm³/mol. The number of amides is 1. The van der Waals surface area contributed by atoms with Crippen LogP contribution in [0.15, 0.2) is 47.6 Å². The highest BCUT2D eigenvalue weighted by atomic mass is 16.6. The first-order chi connectivity index (χ1) is 13.5. The molecule has 0 saturated carbocycles. The topological polar surface area (TPSA) is 100 Å². The van der Waals surface area contributed by atoms with E-state index >= 15 is 0 Å². The second kappa shape index (κ2) is 7.26. The molecule has 0 aliphatic heterocycles. The summed E-state index contributed by atoms with van der Waals surface area (Å²) in [5.41, 5.74) is 6.84. The van der Waals surface area contributed by atoms with Crippen molar-refractivity contribution in [3.8, 4) is 0 Å². The number of nitrogens with zero attached hydrogens (tertiary/aromatic N) is 2. The third-order valence-electron chi connectivity index (χ3n) is 5.20. The molecular weight excluding hydrogens is 356 g/mol.